The van der Waals surface area contributed by atoms with Gasteiger partial charge in [0.25, 0.3) is 0 Å². The zero-order valence-electron chi connectivity index (χ0n) is 19.1. The first-order valence-corrected chi connectivity index (χ1v) is 11.0. The van der Waals surface area contributed by atoms with Crippen molar-refractivity contribution in [3.63, 3.8) is 0 Å². The molecule has 182 valence electrons. The van der Waals surface area contributed by atoms with Crippen LogP contribution in [0.1, 0.15) is 35.7 Å². The smallest absolute Gasteiger partial charge is 0.390 e. The molecule has 5 nitrogen and oxygen atoms in total. The monoisotopic (exact) mass is 485 g/mol. The van der Waals surface area contributed by atoms with Crippen LogP contribution >= 0.6 is 0 Å². The second kappa shape index (κ2) is 9.77. The summed E-state index contributed by atoms with van der Waals surface area (Å²) in [6.07, 6.45) is -3.38. The topological polar surface area (TPSA) is 56.2 Å². The molecule has 0 saturated carbocycles. The van der Waals surface area contributed by atoms with E-state index in [4.69, 9.17) is 4.74 Å². The molecule has 0 spiro atoms. The second-order valence-corrected chi connectivity index (χ2v) is 8.08. The summed E-state index contributed by atoms with van der Waals surface area (Å²) in [5.41, 5.74) is 3.53. The van der Waals surface area contributed by atoms with Crippen LogP contribution in [0.3, 0.4) is 0 Å². The van der Waals surface area contributed by atoms with Crippen molar-refractivity contribution in [1.29, 1.82) is 0 Å². The highest BCUT2D eigenvalue weighted by molar-refractivity contribution is 5.97. The maximum atomic E-state index is 13.6. The fraction of sp³-hybridized carbons (Fsp3) is 0.231. The third-order valence-electron chi connectivity index (χ3n) is 5.49. The fourth-order valence-electron chi connectivity index (χ4n) is 3.80. The lowest BCUT2D eigenvalue weighted by atomic mass is 10.0. The number of ether oxygens (including phenoxy) is 1. The Morgan fingerprint density at radius 2 is 1.89 bits per heavy atom. The second-order valence-electron chi connectivity index (χ2n) is 8.08. The van der Waals surface area contributed by atoms with Gasteiger partial charge in [-0.05, 0) is 42.8 Å². The Labute approximate surface area is 199 Å². The number of alkyl halides is 3. The van der Waals surface area contributed by atoms with E-state index in [1.807, 2.05) is 13.0 Å². The van der Waals surface area contributed by atoms with E-state index in [-0.39, 0.29) is 18.1 Å². The fourth-order valence-corrected chi connectivity index (χ4v) is 3.80. The highest BCUT2D eigenvalue weighted by Crippen LogP contribution is 2.33. The van der Waals surface area contributed by atoms with E-state index in [2.05, 4.69) is 10.3 Å². The number of benzene rings is 3. The molecule has 0 radical (unpaired) electrons. The van der Waals surface area contributed by atoms with E-state index in [1.54, 1.807) is 42.1 Å². The molecule has 1 heterocycles. The molecule has 0 bridgehead atoms. The van der Waals surface area contributed by atoms with Crippen LogP contribution in [0.4, 0.5) is 23.2 Å². The number of anilines is 1. The molecule has 0 aliphatic carbocycles. The van der Waals surface area contributed by atoms with Crippen molar-refractivity contribution in [2.24, 2.45) is 0 Å². The highest BCUT2D eigenvalue weighted by Gasteiger charge is 2.26. The normalized spacial score (nSPS) is 11.6. The number of hydrogen-bond acceptors (Lipinski definition) is 4. The van der Waals surface area contributed by atoms with Crippen molar-refractivity contribution in [3.05, 3.63) is 77.9 Å². The van der Waals surface area contributed by atoms with Crippen molar-refractivity contribution < 1.29 is 27.1 Å². The Hall–Kier alpha value is -3.88. The van der Waals surface area contributed by atoms with Gasteiger partial charge in [-0.3, -0.25) is 9.36 Å². The minimum absolute atomic E-state index is 0.0338. The van der Waals surface area contributed by atoms with Gasteiger partial charge in [-0.2, -0.15) is 13.2 Å². The number of halogens is 4. The number of aromatic nitrogens is 2. The summed E-state index contributed by atoms with van der Waals surface area (Å²) in [6.45, 7) is 3.29. The number of rotatable bonds is 8. The van der Waals surface area contributed by atoms with Gasteiger partial charge in [0.15, 0.2) is 5.78 Å². The standard InChI is InChI=1S/C26H23F4N3O2/c1-3-24(34)21-8-7-18(11-16(21)2)33-15-32-25-22(31-10-9-26(28,29)30)13-20(14-23(25)33)35-19-6-4-5-17(27)12-19/h4-8,11-15,31H,3,9-10H2,1-2H3. The molecule has 0 aliphatic heterocycles. The molecule has 0 atom stereocenters. The predicted molar refractivity (Wildman–Crippen MR) is 126 cm³/mol. The molecule has 4 aromatic rings. The summed E-state index contributed by atoms with van der Waals surface area (Å²) in [5, 5.41) is 2.80. The molecule has 1 aromatic heterocycles. The number of imidazole rings is 1. The Morgan fingerprint density at radius 3 is 2.57 bits per heavy atom. The summed E-state index contributed by atoms with van der Waals surface area (Å²) < 4.78 is 59.3. The van der Waals surface area contributed by atoms with Crippen LogP contribution in [-0.2, 0) is 0 Å². The van der Waals surface area contributed by atoms with Crippen LogP contribution < -0.4 is 10.1 Å². The summed E-state index contributed by atoms with van der Waals surface area (Å²) in [5.74, 6) is 0.101. The van der Waals surface area contributed by atoms with Gasteiger partial charge in [0.05, 0.1) is 17.6 Å². The summed E-state index contributed by atoms with van der Waals surface area (Å²) in [7, 11) is 0. The van der Waals surface area contributed by atoms with Gasteiger partial charge in [-0.15, -0.1) is 0 Å². The van der Waals surface area contributed by atoms with Gasteiger partial charge in [0.1, 0.15) is 29.2 Å². The minimum Gasteiger partial charge on any atom is -0.457 e. The highest BCUT2D eigenvalue weighted by atomic mass is 19.4. The number of aryl methyl sites for hydroxylation is 1. The third kappa shape index (κ3) is 5.62. The van der Waals surface area contributed by atoms with Crippen molar-refractivity contribution in [2.45, 2.75) is 32.9 Å². The predicted octanol–water partition coefficient (Wildman–Crippen LogP) is 7.22. The molecular weight excluding hydrogens is 462 g/mol. The first kappa shape index (κ1) is 24.3. The van der Waals surface area contributed by atoms with Crippen LogP contribution in [0.25, 0.3) is 16.7 Å². The zero-order chi connectivity index (χ0) is 25.2. The van der Waals surface area contributed by atoms with Gasteiger partial charge in [0.2, 0.25) is 0 Å². The molecule has 4 rings (SSSR count). The van der Waals surface area contributed by atoms with Gasteiger partial charge < -0.3 is 10.1 Å². The van der Waals surface area contributed by atoms with Gasteiger partial charge in [-0.25, -0.2) is 9.37 Å². The van der Waals surface area contributed by atoms with Crippen LogP contribution in [0.5, 0.6) is 11.5 Å². The van der Waals surface area contributed by atoms with Crippen molar-refractivity contribution >= 4 is 22.5 Å². The Morgan fingerprint density at radius 1 is 1.09 bits per heavy atom. The summed E-state index contributed by atoms with van der Waals surface area (Å²) >= 11 is 0. The van der Waals surface area contributed by atoms with Crippen molar-refractivity contribution in [1.82, 2.24) is 9.55 Å². The Bertz CT molecular complexity index is 1380. The number of carbonyl (C=O) groups excluding carboxylic acids is 1. The van der Waals surface area contributed by atoms with Crippen molar-refractivity contribution in [3.8, 4) is 17.2 Å². The summed E-state index contributed by atoms with van der Waals surface area (Å²) in [4.78, 5) is 16.6. The molecule has 0 unspecified atom stereocenters. The molecule has 35 heavy (non-hydrogen) atoms. The maximum Gasteiger partial charge on any atom is 0.390 e. The van der Waals surface area contributed by atoms with Gasteiger partial charge in [-0.1, -0.05) is 13.0 Å². The van der Waals surface area contributed by atoms with Crippen molar-refractivity contribution in [2.75, 3.05) is 11.9 Å². The van der Waals surface area contributed by atoms with Gasteiger partial charge >= 0.3 is 6.18 Å². The largest absolute Gasteiger partial charge is 0.457 e. The van der Waals surface area contributed by atoms with Crippen LogP contribution in [0, 0.1) is 12.7 Å². The van der Waals surface area contributed by atoms with E-state index < -0.39 is 18.4 Å². The summed E-state index contributed by atoms with van der Waals surface area (Å²) in [6, 6.07) is 14.2. The molecule has 0 aliphatic rings. The molecular formula is C26H23F4N3O2. The lowest BCUT2D eigenvalue weighted by Crippen LogP contribution is -2.14. The van der Waals surface area contributed by atoms with Gasteiger partial charge in [0, 0.05) is 42.4 Å². The van der Waals surface area contributed by atoms with E-state index in [0.717, 1.165) is 11.3 Å². The van der Waals surface area contributed by atoms with Crippen LogP contribution in [0.15, 0.2) is 60.9 Å². The van der Waals surface area contributed by atoms with E-state index in [0.29, 0.717) is 34.5 Å². The first-order chi connectivity index (χ1) is 16.6. The number of Topliss-reactive ketones (excluding diaryl/α,β-unsaturated/α-hetero) is 1. The zero-order valence-corrected chi connectivity index (χ0v) is 19.1. The van der Waals surface area contributed by atoms with E-state index >= 15 is 0 Å². The van der Waals surface area contributed by atoms with E-state index in [1.165, 1.54) is 24.3 Å². The lowest BCUT2D eigenvalue weighted by Gasteiger charge is -2.14. The first-order valence-electron chi connectivity index (χ1n) is 11.0. The molecule has 0 amide bonds. The lowest BCUT2D eigenvalue weighted by molar-refractivity contribution is -0.131. The van der Waals surface area contributed by atoms with Crippen LogP contribution in [0.2, 0.25) is 0 Å². The Kier molecular flexibility index (Phi) is 6.77. The quantitative estimate of drug-likeness (QED) is 0.211. The SMILES string of the molecule is CCC(=O)c1ccc(-n2cnc3c(NCCC(F)(F)F)cc(Oc4cccc(F)c4)cc32)cc1C. The molecule has 0 fully saturated rings. The minimum atomic E-state index is -4.31. The maximum absolute atomic E-state index is 13.6. The number of fused-ring (bicyclic) bond motifs is 1. The number of hydrogen-bond donors (Lipinski definition) is 1. The number of nitrogens with one attached hydrogen (secondary N) is 1. The third-order valence-corrected chi connectivity index (χ3v) is 5.49. The molecule has 9 heteroatoms. The molecule has 3 aromatic carbocycles. The Balaban J connectivity index is 1.77. The average Bonchev–Trinajstić information content (AvgIpc) is 3.22. The number of ketones is 1. The number of nitrogens with zero attached hydrogens (tertiary/aromatic N) is 2. The number of carbonyl (C=O) groups is 1. The van der Waals surface area contributed by atoms with Crippen LogP contribution in [-0.4, -0.2) is 28.1 Å². The van der Waals surface area contributed by atoms with E-state index in [9.17, 15) is 22.4 Å². The average molecular weight is 485 g/mol. The molecule has 1 N–H and O–H groups in total. The molecule has 0 saturated heterocycles.